The number of methoxy groups -OCH3 is 1. The molecule has 2 aliphatic rings. The highest BCUT2D eigenvalue weighted by Gasteiger charge is 2.34. The Bertz CT molecular complexity index is 895. The van der Waals surface area contributed by atoms with E-state index < -0.39 is 0 Å². The van der Waals surface area contributed by atoms with Crippen molar-refractivity contribution < 1.29 is 19.1 Å². The van der Waals surface area contributed by atoms with Crippen LogP contribution in [0, 0.1) is 0 Å². The molecule has 27 heavy (non-hydrogen) atoms. The molecule has 2 amide bonds. The summed E-state index contributed by atoms with van der Waals surface area (Å²) in [7, 11) is 1.62. The summed E-state index contributed by atoms with van der Waals surface area (Å²) in [5, 5.41) is 7.29. The second-order valence-corrected chi connectivity index (χ2v) is 7.51. The van der Waals surface area contributed by atoms with E-state index in [2.05, 4.69) is 10.6 Å². The van der Waals surface area contributed by atoms with Crippen molar-refractivity contribution in [1.82, 2.24) is 10.2 Å². The lowest BCUT2D eigenvalue weighted by Crippen LogP contribution is -2.39. The van der Waals surface area contributed by atoms with Crippen LogP contribution < -0.4 is 15.4 Å². The lowest BCUT2D eigenvalue weighted by atomic mass is 10.0. The molecule has 3 heterocycles. The third-order valence-electron chi connectivity index (χ3n) is 4.79. The van der Waals surface area contributed by atoms with E-state index in [4.69, 9.17) is 9.47 Å². The zero-order chi connectivity index (χ0) is 19.0. The van der Waals surface area contributed by atoms with Crippen LogP contribution in [0.3, 0.4) is 0 Å². The van der Waals surface area contributed by atoms with E-state index >= 15 is 0 Å². The quantitative estimate of drug-likeness (QED) is 0.846. The Morgan fingerprint density at radius 3 is 3.00 bits per heavy atom. The minimum Gasteiger partial charge on any atom is -0.497 e. The van der Waals surface area contributed by atoms with Crippen LogP contribution in [-0.2, 0) is 17.7 Å². The number of nitrogens with one attached hydrogen (secondary N) is 2. The highest BCUT2D eigenvalue weighted by atomic mass is 32.1. The lowest BCUT2D eigenvalue weighted by Gasteiger charge is -2.28. The molecule has 2 aliphatic heterocycles. The molecule has 0 bridgehead atoms. The van der Waals surface area contributed by atoms with Gasteiger partial charge in [-0.2, -0.15) is 0 Å². The SMILES string of the molecule is CCOC(=O)N1CCc2c(sc3c2C(=O)N[C@@H](c2cccc(OC)c2)N3)C1. The molecule has 0 spiro atoms. The van der Waals surface area contributed by atoms with Gasteiger partial charge in [-0.05, 0) is 36.6 Å². The van der Waals surface area contributed by atoms with Gasteiger partial charge in [0.2, 0.25) is 0 Å². The maximum atomic E-state index is 12.8. The molecule has 8 heteroatoms. The average molecular weight is 387 g/mol. The van der Waals surface area contributed by atoms with Gasteiger partial charge in [-0.15, -0.1) is 11.3 Å². The number of amides is 2. The van der Waals surface area contributed by atoms with Crippen molar-refractivity contribution in [2.24, 2.45) is 0 Å². The number of ether oxygens (including phenoxy) is 2. The molecular weight excluding hydrogens is 366 g/mol. The molecule has 0 aliphatic carbocycles. The molecule has 2 N–H and O–H groups in total. The summed E-state index contributed by atoms with van der Waals surface area (Å²) in [6.45, 7) is 3.19. The van der Waals surface area contributed by atoms with Crippen LogP contribution >= 0.6 is 11.3 Å². The lowest BCUT2D eigenvalue weighted by molar-refractivity contribution is 0.0934. The Kier molecular flexibility index (Phi) is 4.65. The van der Waals surface area contributed by atoms with E-state index in [9.17, 15) is 9.59 Å². The summed E-state index contributed by atoms with van der Waals surface area (Å²) in [6, 6.07) is 7.61. The number of anilines is 1. The van der Waals surface area contributed by atoms with Gasteiger partial charge in [0.05, 0.1) is 25.8 Å². The Hall–Kier alpha value is -2.74. The van der Waals surface area contributed by atoms with Crippen LogP contribution in [-0.4, -0.2) is 37.2 Å². The summed E-state index contributed by atoms with van der Waals surface area (Å²) in [6.07, 6.45) is 0.0291. The molecule has 0 saturated heterocycles. The number of hydrogen-bond donors (Lipinski definition) is 2. The third kappa shape index (κ3) is 3.21. The summed E-state index contributed by atoms with van der Waals surface area (Å²) in [4.78, 5) is 27.5. The molecule has 142 valence electrons. The van der Waals surface area contributed by atoms with Gasteiger partial charge in [0.15, 0.2) is 0 Å². The van der Waals surface area contributed by atoms with Crippen molar-refractivity contribution in [2.75, 3.05) is 25.6 Å². The van der Waals surface area contributed by atoms with Crippen molar-refractivity contribution in [3.05, 3.63) is 45.8 Å². The van der Waals surface area contributed by atoms with E-state index in [0.717, 1.165) is 26.8 Å². The van der Waals surface area contributed by atoms with E-state index in [1.165, 1.54) is 11.3 Å². The Balaban J connectivity index is 1.60. The molecule has 1 aromatic heterocycles. The molecule has 1 aromatic carbocycles. The monoisotopic (exact) mass is 387 g/mol. The topological polar surface area (TPSA) is 79.9 Å². The van der Waals surface area contributed by atoms with Gasteiger partial charge in [-0.25, -0.2) is 4.79 Å². The van der Waals surface area contributed by atoms with Gasteiger partial charge in [-0.1, -0.05) is 12.1 Å². The molecule has 4 rings (SSSR count). The van der Waals surface area contributed by atoms with Gasteiger partial charge in [0.25, 0.3) is 5.91 Å². The van der Waals surface area contributed by atoms with Crippen LogP contribution in [0.25, 0.3) is 0 Å². The standard InChI is InChI=1S/C19H21N3O4S/c1-3-26-19(24)22-8-7-13-14(10-22)27-18-15(13)17(23)20-16(21-18)11-5-4-6-12(9-11)25-2/h4-6,9,16,21H,3,7-8,10H2,1-2H3,(H,20,23)/t16-/m1/s1. The third-order valence-corrected chi connectivity index (χ3v) is 5.94. The van der Waals surface area contributed by atoms with E-state index in [1.807, 2.05) is 24.3 Å². The first kappa shape index (κ1) is 17.7. The molecule has 2 aromatic rings. The molecule has 7 nitrogen and oxygen atoms in total. The normalized spacial score (nSPS) is 18.1. The molecular formula is C19H21N3O4S. The number of fused-ring (bicyclic) bond motifs is 3. The maximum Gasteiger partial charge on any atom is 0.410 e. The average Bonchev–Trinajstić information content (AvgIpc) is 3.06. The molecule has 1 atom stereocenters. The highest BCUT2D eigenvalue weighted by Crippen LogP contribution is 2.41. The number of nitrogens with zero attached hydrogens (tertiary/aromatic N) is 1. The van der Waals surface area contributed by atoms with Gasteiger partial charge in [0, 0.05) is 11.4 Å². The van der Waals surface area contributed by atoms with Gasteiger partial charge in [-0.3, -0.25) is 4.79 Å². The van der Waals surface area contributed by atoms with Crippen molar-refractivity contribution in [1.29, 1.82) is 0 Å². The summed E-state index contributed by atoms with van der Waals surface area (Å²) >= 11 is 1.54. The largest absolute Gasteiger partial charge is 0.497 e. The first-order valence-corrected chi connectivity index (χ1v) is 9.70. The van der Waals surface area contributed by atoms with E-state index in [-0.39, 0.29) is 18.2 Å². The van der Waals surface area contributed by atoms with Crippen molar-refractivity contribution in [3.63, 3.8) is 0 Å². The molecule has 0 unspecified atom stereocenters. The highest BCUT2D eigenvalue weighted by molar-refractivity contribution is 7.16. The van der Waals surface area contributed by atoms with E-state index in [1.54, 1.807) is 18.9 Å². The van der Waals surface area contributed by atoms with Crippen LogP contribution in [0.1, 0.15) is 39.5 Å². The van der Waals surface area contributed by atoms with Crippen LogP contribution in [0.15, 0.2) is 24.3 Å². The van der Waals surface area contributed by atoms with Gasteiger partial charge >= 0.3 is 6.09 Å². The number of benzene rings is 1. The van der Waals surface area contributed by atoms with Crippen molar-refractivity contribution in [3.8, 4) is 5.75 Å². The Morgan fingerprint density at radius 1 is 1.37 bits per heavy atom. The minimum absolute atomic E-state index is 0.0846. The maximum absolute atomic E-state index is 12.8. The fourth-order valence-corrected chi connectivity index (χ4v) is 4.76. The van der Waals surface area contributed by atoms with Crippen LogP contribution in [0.2, 0.25) is 0 Å². The van der Waals surface area contributed by atoms with Gasteiger partial charge in [0.1, 0.15) is 16.9 Å². The van der Waals surface area contributed by atoms with E-state index in [0.29, 0.717) is 31.7 Å². The summed E-state index contributed by atoms with van der Waals surface area (Å²) < 4.78 is 10.4. The molecule has 0 fully saturated rings. The number of rotatable bonds is 3. The number of carbonyl (C=O) groups is 2. The fourth-order valence-electron chi connectivity index (χ4n) is 3.47. The predicted octanol–water partition coefficient (Wildman–Crippen LogP) is 3.13. The fraction of sp³-hybridized carbons (Fsp3) is 0.368. The second kappa shape index (κ2) is 7.11. The number of thiophene rings is 1. The second-order valence-electron chi connectivity index (χ2n) is 6.41. The zero-order valence-corrected chi connectivity index (χ0v) is 16.0. The first-order valence-electron chi connectivity index (χ1n) is 8.88. The summed E-state index contributed by atoms with van der Waals surface area (Å²) in [5.41, 5.74) is 2.66. The number of carbonyl (C=O) groups excluding carboxylic acids is 2. The predicted molar refractivity (Wildman–Crippen MR) is 102 cm³/mol. The van der Waals surface area contributed by atoms with Crippen molar-refractivity contribution in [2.45, 2.75) is 26.1 Å². The van der Waals surface area contributed by atoms with Crippen LogP contribution in [0.4, 0.5) is 9.80 Å². The Labute approximate surface area is 161 Å². The number of hydrogen-bond acceptors (Lipinski definition) is 6. The summed E-state index contributed by atoms with van der Waals surface area (Å²) in [5.74, 6) is 0.656. The van der Waals surface area contributed by atoms with Gasteiger partial charge < -0.3 is 25.0 Å². The minimum atomic E-state index is -0.318. The smallest absolute Gasteiger partial charge is 0.410 e. The van der Waals surface area contributed by atoms with Crippen LogP contribution in [0.5, 0.6) is 5.75 Å². The zero-order valence-electron chi connectivity index (χ0n) is 15.2. The Morgan fingerprint density at radius 2 is 2.22 bits per heavy atom. The van der Waals surface area contributed by atoms with Crippen molar-refractivity contribution >= 4 is 28.3 Å². The first-order chi connectivity index (χ1) is 13.1. The molecule has 0 saturated carbocycles. The molecule has 0 radical (unpaired) electrons.